The summed E-state index contributed by atoms with van der Waals surface area (Å²) in [5, 5.41) is 2.90. The number of carbonyl (C=O) groups is 1. The molecule has 0 spiro atoms. The zero-order valence-electron chi connectivity index (χ0n) is 16.0. The van der Waals surface area contributed by atoms with E-state index in [1.54, 1.807) is 18.2 Å². The molecule has 2 aliphatic rings. The van der Waals surface area contributed by atoms with E-state index >= 15 is 0 Å². The maximum atomic E-state index is 12.9. The molecule has 0 atom stereocenters. The third kappa shape index (κ3) is 3.83. The minimum Gasteiger partial charge on any atom is -0.322 e. The first-order valence-corrected chi connectivity index (χ1v) is 11.1. The van der Waals surface area contributed by atoms with Crippen LogP contribution in [0, 0.1) is 0 Å². The molecule has 148 valence electrons. The molecule has 1 amide bonds. The molecule has 2 aromatic carbocycles. The molecule has 1 heterocycles. The first kappa shape index (κ1) is 19.1. The van der Waals surface area contributed by atoms with Gasteiger partial charge in [-0.2, -0.15) is 4.31 Å². The number of benzene rings is 2. The van der Waals surface area contributed by atoms with Crippen LogP contribution >= 0.6 is 0 Å². The van der Waals surface area contributed by atoms with Gasteiger partial charge in [0.25, 0.3) is 5.91 Å². The van der Waals surface area contributed by atoms with E-state index < -0.39 is 10.0 Å². The average Bonchev–Trinajstić information content (AvgIpc) is 3.16. The normalized spacial score (nSPS) is 18.0. The van der Waals surface area contributed by atoms with Crippen molar-refractivity contribution >= 4 is 21.6 Å². The van der Waals surface area contributed by atoms with Gasteiger partial charge in [-0.3, -0.25) is 4.79 Å². The molecule has 1 aliphatic carbocycles. The summed E-state index contributed by atoms with van der Waals surface area (Å²) in [7, 11) is -1.62. The minimum absolute atomic E-state index is 0.165. The number of rotatable bonds is 4. The highest BCUT2D eigenvalue weighted by molar-refractivity contribution is 7.89. The molecule has 7 heteroatoms. The largest absolute Gasteiger partial charge is 0.322 e. The second-order valence-corrected chi connectivity index (χ2v) is 9.46. The van der Waals surface area contributed by atoms with Gasteiger partial charge in [0.15, 0.2) is 0 Å². The number of hydrogen-bond acceptors (Lipinski definition) is 4. The summed E-state index contributed by atoms with van der Waals surface area (Å²) >= 11 is 0. The van der Waals surface area contributed by atoms with Crippen LogP contribution in [0.5, 0.6) is 0 Å². The Morgan fingerprint density at radius 2 is 1.71 bits per heavy atom. The smallest absolute Gasteiger partial charge is 0.255 e. The Morgan fingerprint density at radius 1 is 0.964 bits per heavy atom. The van der Waals surface area contributed by atoms with E-state index in [0.29, 0.717) is 31.7 Å². The SMILES string of the molecule is CN1CCN(S(=O)(=O)c2cccc(C(=O)Nc3ccc4c(c3)CCC4)c2)CC1. The van der Waals surface area contributed by atoms with Gasteiger partial charge in [-0.1, -0.05) is 12.1 Å². The number of sulfonamides is 1. The fourth-order valence-corrected chi connectivity index (χ4v) is 5.30. The Bertz CT molecular complexity index is 996. The van der Waals surface area contributed by atoms with E-state index in [4.69, 9.17) is 0 Å². The van der Waals surface area contributed by atoms with Gasteiger partial charge in [-0.05, 0) is 67.8 Å². The summed E-state index contributed by atoms with van der Waals surface area (Å²) in [5.74, 6) is -0.298. The zero-order valence-corrected chi connectivity index (χ0v) is 16.8. The molecule has 0 bridgehead atoms. The van der Waals surface area contributed by atoms with Crippen LogP contribution < -0.4 is 5.32 Å². The minimum atomic E-state index is -3.60. The van der Waals surface area contributed by atoms with Gasteiger partial charge in [0, 0.05) is 37.4 Å². The maximum Gasteiger partial charge on any atom is 0.255 e. The lowest BCUT2D eigenvalue weighted by Crippen LogP contribution is -2.47. The van der Waals surface area contributed by atoms with Crippen LogP contribution in [-0.2, 0) is 22.9 Å². The number of fused-ring (bicyclic) bond motifs is 1. The maximum absolute atomic E-state index is 12.9. The van der Waals surface area contributed by atoms with Crippen LogP contribution in [0.3, 0.4) is 0 Å². The van der Waals surface area contributed by atoms with Crippen molar-refractivity contribution in [3.63, 3.8) is 0 Å². The Morgan fingerprint density at radius 3 is 2.50 bits per heavy atom. The molecule has 6 nitrogen and oxygen atoms in total. The molecule has 1 fully saturated rings. The Balaban J connectivity index is 1.52. The third-order valence-corrected chi connectivity index (χ3v) is 7.45. The predicted molar refractivity (Wildman–Crippen MR) is 109 cm³/mol. The van der Waals surface area contributed by atoms with E-state index in [9.17, 15) is 13.2 Å². The van der Waals surface area contributed by atoms with Crippen molar-refractivity contribution in [1.82, 2.24) is 9.21 Å². The number of carbonyl (C=O) groups excluding carboxylic acids is 1. The topological polar surface area (TPSA) is 69.7 Å². The molecule has 1 N–H and O–H groups in total. The van der Waals surface area contributed by atoms with Crippen LogP contribution in [0.1, 0.15) is 27.9 Å². The van der Waals surface area contributed by atoms with Crippen LogP contribution in [0.2, 0.25) is 0 Å². The van der Waals surface area contributed by atoms with Gasteiger partial charge in [-0.25, -0.2) is 8.42 Å². The average molecular weight is 400 g/mol. The van der Waals surface area contributed by atoms with E-state index in [-0.39, 0.29) is 10.8 Å². The number of nitrogens with zero attached hydrogens (tertiary/aromatic N) is 2. The highest BCUT2D eigenvalue weighted by Gasteiger charge is 2.28. The van der Waals surface area contributed by atoms with Crippen LogP contribution in [0.4, 0.5) is 5.69 Å². The molecular weight excluding hydrogens is 374 g/mol. The van der Waals surface area contributed by atoms with E-state index in [1.165, 1.54) is 21.5 Å². The highest BCUT2D eigenvalue weighted by atomic mass is 32.2. The first-order chi connectivity index (χ1) is 13.4. The second-order valence-electron chi connectivity index (χ2n) is 7.53. The van der Waals surface area contributed by atoms with Gasteiger partial charge in [0.05, 0.1) is 4.90 Å². The fraction of sp³-hybridized carbons (Fsp3) is 0.381. The zero-order chi connectivity index (χ0) is 19.7. The molecular formula is C21H25N3O3S. The summed E-state index contributed by atoms with van der Waals surface area (Å²) in [6.45, 7) is 2.34. The monoisotopic (exact) mass is 399 g/mol. The van der Waals surface area contributed by atoms with Gasteiger partial charge >= 0.3 is 0 Å². The molecule has 0 unspecified atom stereocenters. The van der Waals surface area contributed by atoms with Crippen molar-refractivity contribution in [2.75, 3.05) is 38.5 Å². The van der Waals surface area contributed by atoms with Crippen molar-refractivity contribution in [3.8, 4) is 0 Å². The summed E-state index contributed by atoms with van der Waals surface area (Å²) in [6, 6.07) is 12.3. The predicted octanol–water partition coefficient (Wildman–Crippen LogP) is 2.36. The number of anilines is 1. The third-order valence-electron chi connectivity index (χ3n) is 5.55. The Kier molecular flexibility index (Phi) is 5.23. The Labute approximate surface area is 166 Å². The lowest BCUT2D eigenvalue weighted by atomic mass is 10.1. The summed E-state index contributed by atoms with van der Waals surface area (Å²) in [4.78, 5) is 15.0. The number of amides is 1. The van der Waals surface area contributed by atoms with Crippen molar-refractivity contribution in [3.05, 3.63) is 59.2 Å². The highest BCUT2D eigenvalue weighted by Crippen LogP contribution is 2.25. The molecule has 28 heavy (non-hydrogen) atoms. The first-order valence-electron chi connectivity index (χ1n) is 9.65. The van der Waals surface area contributed by atoms with Crippen molar-refractivity contribution in [2.24, 2.45) is 0 Å². The lowest BCUT2D eigenvalue weighted by molar-refractivity contribution is 0.102. The van der Waals surface area contributed by atoms with Crippen LogP contribution in [0.15, 0.2) is 47.4 Å². The van der Waals surface area contributed by atoms with E-state index in [1.807, 2.05) is 19.2 Å². The van der Waals surface area contributed by atoms with Crippen LogP contribution in [-0.4, -0.2) is 56.8 Å². The van der Waals surface area contributed by atoms with Crippen molar-refractivity contribution in [1.29, 1.82) is 0 Å². The Hall–Kier alpha value is -2.22. The van der Waals surface area contributed by atoms with Crippen molar-refractivity contribution in [2.45, 2.75) is 24.2 Å². The number of likely N-dealkylation sites (N-methyl/N-ethyl adjacent to an activating group) is 1. The number of hydrogen-bond donors (Lipinski definition) is 1. The van der Waals surface area contributed by atoms with Gasteiger partial charge in [-0.15, -0.1) is 0 Å². The summed E-state index contributed by atoms with van der Waals surface area (Å²) in [6.07, 6.45) is 3.28. The standard InChI is InChI=1S/C21H25N3O3S/c1-23-10-12-24(13-11-23)28(26,27)20-7-3-6-18(15-20)21(25)22-19-9-8-16-4-2-5-17(16)14-19/h3,6-9,14-15H,2,4-5,10-13H2,1H3,(H,22,25). The molecule has 0 aromatic heterocycles. The molecule has 1 aliphatic heterocycles. The summed E-state index contributed by atoms with van der Waals surface area (Å²) < 4.78 is 27.4. The van der Waals surface area contributed by atoms with Gasteiger partial charge < -0.3 is 10.2 Å². The van der Waals surface area contributed by atoms with Gasteiger partial charge in [0.2, 0.25) is 10.0 Å². The van der Waals surface area contributed by atoms with Crippen molar-refractivity contribution < 1.29 is 13.2 Å². The molecule has 0 saturated carbocycles. The molecule has 0 radical (unpaired) electrons. The molecule has 2 aromatic rings. The lowest BCUT2D eigenvalue weighted by Gasteiger charge is -2.31. The number of piperazine rings is 1. The van der Waals surface area contributed by atoms with E-state index in [2.05, 4.69) is 16.3 Å². The number of aryl methyl sites for hydroxylation is 2. The summed E-state index contributed by atoms with van der Waals surface area (Å²) in [5.41, 5.74) is 3.72. The van der Waals surface area contributed by atoms with Gasteiger partial charge in [0.1, 0.15) is 0 Å². The fourth-order valence-electron chi connectivity index (χ4n) is 3.83. The number of nitrogens with one attached hydrogen (secondary N) is 1. The molecule has 1 saturated heterocycles. The molecule has 4 rings (SSSR count). The second kappa shape index (κ2) is 7.66. The quantitative estimate of drug-likeness (QED) is 0.857. The van der Waals surface area contributed by atoms with E-state index in [0.717, 1.165) is 24.9 Å². The van der Waals surface area contributed by atoms with Crippen LogP contribution in [0.25, 0.3) is 0 Å².